The van der Waals surface area contributed by atoms with Crippen LogP contribution < -0.4 is 0 Å². The quantitative estimate of drug-likeness (QED) is 0.892. The Bertz CT molecular complexity index is 564. The summed E-state index contributed by atoms with van der Waals surface area (Å²) >= 11 is 9.11. The molecule has 1 fully saturated rings. The van der Waals surface area contributed by atoms with E-state index in [9.17, 15) is 13.5 Å². The molecular weight excluding hydrogens is 354 g/mol. The van der Waals surface area contributed by atoms with Gasteiger partial charge >= 0.3 is 0 Å². The molecule has 1 aromatic carbocycles. The van der Waals surface area contributed by atoms with Gasteiger partial charge in [-0.05, 0) is 47.0 Å². The molecule has 4 nitrogen and oxygen atoms in total. The van der Waals surface area contributed by atoms with Crippen molar-refractivity contribution in [1.29, 1.82) is 0 Å². The molecule has 0 aromatic heterocycles. The smallest absolute Gasteiger partial charge is 0.243 e. The molecule has 0 spiro atoms. The second-order valence-electron chi connectivity index (χ2n) is 4.52. The SMILES string of the molecule is O=S(=O)(c1ccc(Cl)c(Br)c1)N1CCCCC1CO. The molecule has 0 saturated carbocycles. The van der Waals surface area contributed by atoms with Gasteiger partial charge < -0.3 is 5.11 Å². The third-order valence-corrected chi connectivity index (χ3v) is 6.44. The molecule has 106 valence electrons. The molecule has 0 amide bonds. The van der Waals surface area contributed by atoms with Crippen LogP contribution in [0.5, 0.6) is 0 Å². The summed E-state index contributed by atoms with van der Waals surface area (Å²) in [4.78, 5) is 0.198. The number of benzene rings is 1. The third-order valence-electron chi connectivity index (χ3n) is 3.28. The normalized spacial score (nSPS) is 21.5. The number of sulfonamides is 1. The molecular formula is C12H15BrClNO3S. The van der Waals surface area contributed by atoms with E-state index in [1.807, 2.05) is 0 Å². The van der Waals surface area contributed by atoms with Gasteiger partial charge in [0.1, 0.15) is 0 Å². The lowest BCUT2D eigenvalue weighted by Crippen LogP contribution is -2.45. The van der Waals surface area contributed by atoms with E-state index in [1.165, 1.54) is 16.4 Å². The minimum absolute atomic E-state index is 0.145. The molecule has 1 unspecified atom stereocenters. The predicted molar refractivity (Wildman–Crippen MR) is 77.8 cm³/mol. The Morgan fingerprint density at radius 3 is 2.79 bits per heavy atom. The summed E-state index contributed by atoms with van der Waals surface area (Å²) < 4.78 is 27.1. The number of aliphatic hydroxyl groups excluding tert-OH is 1. The highest BCUT2D eigenvalue weighted by molar-refractivity contribution is 9.10. The van der Waals surface area contributed by atoms with Crippen LogP contribution in [0, 0.1) is 0 Å². The summed E-state index contributed by atoms with van der Waals surface area (Å²) in [6.07, 6.45) is 2.47. The number of hydrogen-bond donors (Lipinski definition) is 1. The first kappa shape index (κ1) is 15.3. The Kier molecular flexibility index (Phi) is 4.89. The van der Waals surface area contributed by atoms with Gasteiger partial charge in [-0.25, -0.2) is 8.42 Å². The first-order chi connectivity index (χ1) is 8.96. The van der Waals surface area contributed by atoms with Crippen molar-refractivity contribution in [1.82, 2.24) is 4.31 Å². The highest BCUT2D eigenvalue weighted by Gasteiger charge is 2.33. The maximum Gasteiger partial charge on any atom is 0.243 e. The average Bonchev–Trinajstić information content (AvgIpc) is 2.41. The van der Waals surface area contributed by atoms with Gasteiger partial charge in [0, 0.05) is 17.1 Å². The average molecular weight is 369 g/mol. The van der Waals surface area contributed by atoms with Crippen LogP contribution in [0.3, 0.4) is 0 Å². The Balaban J connectivity index is 2.37. The Morgan fingerprint density at radius 1 is 1.42 bits per heavy atom. The van der Waals surface area contributed by atoms with E-state index in [1.54, 1.807) is 6.07 Å². The number of aliphatic hydroxyl groups is 1. The molecule has 1 atom stereocenters. The van der Waals surface area contributed by atoms with Crippen molar-refractivity contribution in [2.24, 2.45) is 0 Å². The summed E-state index contributed by atoms with van der Waals surface area (Å²) in [5, 5.41) is 9.80. The topological polar surface area (TPSA) is 57.6 Å². The van der Waals surface area contributed by atoms with Crippen LogP contribution in [0.25, 0.3) is 0 Å². The number of hydrogen-bond acceptors (Lipinski definition) is 3. The van der Waals surface area contributed by atoms with Crippen molar-refractivity contribution in [3.8, 4) is 0 Å². The maximum atomic E-state index is 12.6. The fraction of sp³-hybridized carbons (Fsp3) is 0.500. The fourth-order valence-corrected chi connectivity index (χ4v) is 4.61. The molecule has 0 bridgehead atoms. The van der Waals surface area contributed by atoms with E-state index < -0.39 is 10.0 Å². The summed E-state index contributed by atoms with van der Waals surface area (Å²) in [7, 11) is -3.58. The molecule has 1 aliphatic heterocycles. The second-order valence-corrected chi connectivity index (χ2v) is 7.68. The zero-order chi connectivity index (χ0) is 14.0. The Hall–Kier alpha value is -0.140. The predicted octanol–water partition coefficient (Wildman–Crippen LogP) is 2.64. The summed E-state index contributed by atoms with van der Waals surface area (Å²) in [5.74, 6) is 0. The highest BCUT2D eigenvalue weighted by Crippen LogP contribution is 2.29. The second kappa shape index (κ2) is 6.10. The molecule has 1 aliphatic rings. The van der Waals surface area contributed by atoms with Crippen molar-refractivity contribution in [2.45, 2.75) is 30.2 Å². The van der Waals surface area contributed by atoms with Gasteiger partial charge in [0.15, 0.2) is 0 Å². The minimum atomic E-state index is -3.58. The first-order valence-corrected chi connectivity index (χ1v) is 8.65. The molecule has 0 aliphatic carbocycles. The van der Waals surface area contributed by atoms with Crippen molar-refractivity contribution < 1.29 is 13.5 Å². The van der Waals surface area contributed by atoms with E-state index in [2.05, 4.69) is 15.9 Å². The van der Waals surface area contributed by atoms with Crippen molar-refractivity contribution in [2.75, 3.05) is 13.2 Å². The zero-order valence-corrected chi connectivity index (χ0v) is 13.4. The van der Waals surface area contributed by atoms with Gasteiger partial charge in [-0.1, -0.05) is 18.0 Å². The van der Waals surface area contributed by atoms with Crippen LogP contribution in [0.15, 0.2) is 27.6 Å². The maximum absolute atomic E-state index is 12.6. The summed E-state index contributed by atoms with van der Waals surface area (Å²) in [6.45, 7) is 0.307. The monoisotopic (exact) mass is 367 g/mol. The van der Waals surface area contributed by atoms with Crippen LogP contribution >= 0.6 is 27.5 Å². The lowest BCUT2D eigenvalue weighted by Gasteiger charge is -2.33. The summed E-state index contributed by atoms with van der Waals surface area (Å²) in [5.41, 5.74) is 0. The van der Waals surface area contributed by atoms with E-state index in [0.717, 1.165) is 12.8 Å². The molecule has 7 heteroatoms. The van der Waals surface area contributed by atoms with Crippen molar-refractivity contribution in [3.05, 3.63) is 27.7 Å². The molecule has 1 saturated heterocycles. The minimum Gasteiger partial charge on any atom is -0.395 e. The largest absolute Gasteiger partial charge is 0.395 e. The van der Waals surface area contributed by atoms with Crippen LogP contribution in [-0.4, -0.2) is 37.0 Å². The van der Waals surface area contributed by atoms with Gasteiger partial charge in [0.25, 0.3) is 0 Å². The standard InChI is InChI=1S/C12H15BrClNO3S/c13-11-7-10(4-5-12(11)14)19(17,18)15-6-2-1-3-9(15)8-16/h4-5,7,9,16H,1-3,6,8H2. The number of piperidine rings is 1. The lowest BCUT2D eigenvalue weighted by molar-refractivity contribution is 0.155. The van der Waals surface area contributed by atoms with Gasteiger partial charge in [-0.2, -0.15) is 4.31 Å². The van der Waals surface area contributed by atoms with Gasteiger partial charge in [-0.3, -0.25) is 0 Å². The Morgan fingerprint density at radius 2 is 2.16 bits per heavy atom. The van der Waals surface area contributed by atoms with Crippen LogP contribution in [0.4, 0.5) is 0 Å². The van der Waals surface area contributed by atoms with Gasteiger partial charge in [0.05, 0.1) is 16.5 Å². The Labute approximate surface area is 126 Å². The van der Waals surface area contributed by atoms with Gasteiger partial charge in [0.2, 0.25) is 10.0 Å². The van der Waals surface area contributed by atoms with Crippen molar-refractivity contribution >= 4 is 37.6 Å². The first-order valence-electron chi connectivity index (χ1n) is 6.04. The molecule has 1 heterocycles. The number of rotatable bonds is 3. The zero-order valence-electron chi connectivity index (χ0n) is 10.2. The van der Waals surface area contributed by atoms with Crippen molar-refractivity contribution in [3.63, 3.8) is 0 Å². The van der Waals surface area contributed by atoms with Gasteiger partial charge in [-0.15, -0.1) is 0 Å². The van der Waals surface area contributed by atoms with Crippen LogP contribution in [-0.2, 0) is 10.0 Å². The molecule has 2 rings (SSSR count). The molecule has 0 radical (unpaired) electrons. The summed E-state index contributed by atoms with van der Waals surface area (Å²) in [6, 6.07) is 4.22. The number of nitrogens with zero attached hydrogens (tertiary/aromatic N) is 1. The van der Waals surface area contributed by atoms with Crippen LogP contribution in [0.1, 0.15) is 19.3 Å². The molecule has 1 aromatic rings. The van der Waals surface area contributed by atoms with E-state index >= 15 is 0 Å². The van der Waals surface area contributed by atoms with Crippen LogP contribution in [0.2, 0.25) is 5.02 Å². The molecule has 1 N–H and O–H groups in total. The highest BCUT2D eigenvalue weighted by atomic mass is 79.9. The fourth-order valence-electron chi connectivity index (χ4n) is 2.25. The van der Waals surface area contributed by atoms with E-state index in [0.29, 0.717) is 22.5 Å². The van der Waals surface area contributed by atoms with E-state index in [4.69, 9.17) is 11.6 Å². The molecule has 19 heavy (non-hydrogen) atoms. The lowest BCUT2D eigenvalue weighted by atomic mass is 10.1. The van der Waals surface area contributed by atoms with E-state index in [-0.39, 0.29) is 17.5 Å². The number of halogens is 2. The third kappa shape index (κ3) is 3.13.